The standard InChI is InChI=1S/C14H15N3O2/c15-13(18)12(14(16)19)9-10-4-3-5-11(8-10)17-6-1-2-7-17/h1-8,12H,9H2,(H2,15,18)(H2,16,19). The van der Waals surface area contributed by atoms with Gasteiger partial charge in [0.05, 0.1) is 0 Å². The van der Waals surface area contributed by atoms with Crippen LogP contribution in [-0.4, -0.2) is 16.4 Å². The fraction of sp³-hybridized carbons (Fsp3) is 0.143. The number of amides is 2. The molecule has 0 saturated heterocycles. The first-order valence-electron chi connectivity index (χ1n) is 5.89. The second kappa shape index (κ2) is 5.39. The van der Waals surface area contributed by atoms with Gasteiger partial charge < -0.3 is 16.0 Å². The molecule has 1 aromatic heterocycles. The lowest BCUT2D eigenvalue weighted by atomic mass is 9.98. The molecule has 98 valence electrons. The number of nitrogens with two attached hydrogens (primary N) is 2. The van der Waals surface area contributed by atoms with Crippen molar-refractivity contribution >= 4 is 11.8 Å². The Kier molecular flexibility index (Phi) is 3.66. The minimum Gasteiger partial charge on any atom is -0.369 e. The van der Waals surface area contributed by atoms with E-state index in [1.54, 1.807) is 0 Å². The number of primary amides is 2. The molecule has 0 radical (unpaired) electrons. The molecule has 0 bridgehead atoms. The Hall–Kier alpha value is -2.56. The molecule has 19 heavy (non-hydrogen) atoms. The molecular weight excluding hydrogens is 242 g/mol. The van der Waals surface area contributed by atoms with E-state index in [1.807, 2.05) is 53.4 Å². The highest BCUT2D eigenvalue weighted by atomic mass is 16.2. The van der Waals surface area contributed by atoms with Gasteiger partial charge >= 0.3 is 0 Å². The number of hydrogen-bond donors (Lipinski definition) is 2. The Morgan fingerprint density at radius 3 is 2.26 bits per heavy atom. The van der Waals surface area contributed by atoms with Gasteiger partial charge in [0.2, 0.25) is 11.8 Å². The average molecular weight is 257 g/mol. The largest absolute Gasteiger partial charge is 0.369 e. The van der Waals surface area contributed by atoms with E-state index in [1.165, 1.54) is 0 Å². The SMILES string of the molecule is NC(=O)C(Cc1cccc(-n2cccc2)c1)C(N)=O. The number of rotatable bonds is 5. The first-order chi connectivity index (χ1) is 9.08. The fourth-order valence-electron chi connectivity index (χ4n) is 1.93. The molecule has 1 heterocycles. The molecule has 2 rings (SSSR count). The number of carbonyl (C=O) groups is 2. The van der Waals surface area contributed by atoms with Crippen LogP contribution < -0.4 is 11.5 Å². The predicted molar refractivity (Wildman–Crippen MR) is 71.4 cm³/mol. The fourth-order valence-corrected chi connectivity index (χ4v) is 1.93. The monoisotopic (exact) mass is 257 g/mol. The van der Waals surface area contributed by atoms with E-state index in [4.69, 9.17) is 11.5 Å². The molecule has 5 heteroatoms. The minimum atomic E-state index is -0.972. The van der Waals surface area contributed by atoms with E-state index in [-0.39, 0.29) is 6.42 Å². The maximum absolute atomic E-state index is 11.2. The van der Waals surface area contributed by atoms with Gasteiger partial charge in [-0.1, -0.05) is 12.1 Å². The van der Waals surface area contributed by atoms with Crippen LogP contribution in [0.3, 0.4) is 0 Å². The molecule has 0 aliphatic heterocycles. The molecule has 2 aromatic rings. The first-order valence-corrected chi connectivity index (χ1v) is 5.89. The summed E-state index contributed by atoms with van der Waals surface area (Å²) < 4.78 is 1.94. The summed E-state index contributed by atoms with van der Waals surface area (Å²) >= 11 is 0. The second-order valence-corrected chi connectivity index (χ2v) is 4.32. The third-order valence-electron chi connectivity index (χ3n) is 2.94. The van der Waals surface area contributed by atoms with Crippen molar-refractivity contribution in [3.8, 4) is 5.69 Å². The lowest BCUT2D eigenvalue weighted by molar-refractivity contribution is -0.131. The molecule has 0 saturated carbocycles. The summed E-state index contributed by atoms with van der Waals surface area (Å²) in [6.07, 6.45) is 4.05. The van der Waals surface area contributed by atoms with Crippen molar-refractivity contribution in [1.29, 1.82) is 0 Å². The van der Waals surface area contributed by atoms with E-state index in [0.717, 1.165) is 11.3 Å². The molecule has 4 N–H and O–H groups in total. The van der Waals surface area contributed by atoms with E-state index >= 15 is 0 Å². The van der Waals surface area contributed by atoms with Gasteiger partial charge in [-0.2, -0.15) is 0 Å². The highest BCUT2D eigenvalue weighted by Crippen LogP contribution is 2.14. The van der Waals surface area contributed by atoms with E-state index in [0.29, 0.717) is 0 Å². The number of nitrogens with zero attached hydrogens (tertiary/aromatic N) is 1. The molecule has 0 spiro atoms. The average Bonchev–Trinajstić information content (AvgIpc) is 2.89. The number of carbonyl (C=O) groups excluding carboxylic acids is 2. The Morgan fingerprint density at radius 1 is 1.05 bits per heavy atom. The highest BCUT2D eigenvalue weighted by molar-refractivity contribution is 5.99. The van der Waals surface area contributed by atoms with Crippen molar-refractivity contribution in [2.75, 3.05) is 0 Å². The predicted octanol–water partition coefficient (Wildman–Crippen LogP) is 0.607. The molecule has 1 aromatic carbocycles. The zero-order valence-electron chi connectivity index (χ0n) is 10.3. The van der Waals surface area contributed by atoms with Crippen LogP contribution in [-0.2, 0) is 16.0 Å². The van der Waals surface area contributed by atoms with Crippen molar-refractivity contribution in [1.82, 2.24) is 4.57 Å². The van der Waals surface area contributed by atoms with Gasteiger partial charge in [0.1, 0.15) is 5.92 Å². The van der Waals surface area contributed by atoms with Crippen LogP contribution in [0.1, 0.15) is 5.56 Å². The Balaban J connectivity index is 2.24. The van der Waals surface area contributed by atoms with Gasteiger partial charge in [-0.25, -0.2) is 0 Å². The molecule has 0 unspecified atom stereocenters. The zero-order chi connectivity index (χ0) is 13.8. The second-order valence-electron chi connectivity index (χ2n) is 4.32. The number of benzene rings is 1. The van der Waals surface area contributed by atoms with Gasteiger partial charge in [-0.05, 0) is 36.2 Å². The molecule has 2 amide bonds. The smallest absolute Gasteiger partial charge is 0.230 e. The summed E-state index contributed by atoms with van der Waals surface area (Å²) in [6, 6.07) is 11.4. The van der Waals surface area contributed by atoms with Crippen LogP contribution >= 0.6 is 0 Å². The van der Waals surface area contributed by atoms with Gasteiger partial charge in [-0.3, -0.25) is 9.59 Å². The van der Waals surface area contributed by atoms with Crippen molar-refractivity contribution in [2.24, 2.45) is 17.4 Å². The molecule has 0 aliphatic carbocycles. The van der Waals surface area contributed by atoms with Crippen molar-refractivity contribution in [2.45, 2.75) is 6.42 Å². The maximum atomic E-state index is 11.2. The Bertz CT molecular complexity index is 576. The van der Waals surface area contributed by atoms with Gasteiger partial charge in [-0.15, -0.1) is 0 Å². The van der Waals surface area contributed by atoms with Crippen LogP contribution in [0.2, 0.25) is 0 Å². The third-order valence-corrected chi connectivity index (χ3v) is 2.94. The summed E-state index contributed by atoms with van der Waals surface area (Å²) in [7, 11) is 0. The highest BCUT2D eigenvalue weighted by Gasteiger charge is 2.22. The van der Waals surface area contributed by atoms with Crippen LogP contribution in [0.5, 0.6) is 0 Å². The van der Waals surface area contributed by atoms with Gasteiger partial charge in [0.15, 0.2) is 0 Å². The van der Waals surface area contributed by atoms with Crippen molar-refractivity contribution in [3.05, 3.63) is 54.4 Å². The molecule has 5 nitrogen and oxygen atoms in total. The first kappa shape index (κ1) is 12.9. The lowest BCUT2D eigenvalue weighted by Gasteiger charge is -2.11. The number of hydrogen-bond acceptors (Lipinski definition) is 2. The summed E-state index contributed by atoms with van der Waals surface area (Å²) in [5.41, 5.74) is 12.1. The van der Waals surface area contributed by atoms with Crippen LogP contribution in [0.25, 0.3) is 5.69 Å². The summed E-state index contributed by atoms with van der Waals surface area (Å²) in [5, 5.41) is 0. The van der Waals surface area contributed by atoms with Crippen molar-refractivity contribution in [3.63, 3.8) is 0 Å². The summed E-state index contributed by atoms with van der Waals surface area (Å²) in [6.45, 7) is 0. The Labute approximate surface area is 110 Å². The normalized spacial score (nSPS) is 10.6. The lowest BCUT2D eigenvalue weighted by Crippen LogP contribution is -2.36. The van der Waals surface area contributed by atoms with Crippen molar-refractivity contribution < 1.29 is 9.59 Å². The number of aromatic nitrogens is 1. The van der Waals surface area contributed by atoms with Crippen LogP contribution in [0.15, 0.2) is 48.8 Å². The van der Waals surface area contributed by atoms with Crippen LogP contribution in [0.4, 0.5) is 0 Å². The summed E-state index contributed by atoms with van der Waals surface area (Å²) in [5.74, 6) is -2.36. The maximum Gasteiger partial charge on any atom is 0.230 e. The zero-order valence-corrected chi connectivity index (χ0v) is 10.3. The molecule has 0 fully saturated rings. The van der Waals surface area contributed by atoms with E-state index < -0.39 is 17.7 Å². The van der Waals surface area contributed by atoms with Gasteiger partial charge in [0, 0.05) is 18.1 Å². The molecular formula is C14H15N3O2. The van der Waals surface area contributed by atoms with E-state index in [9.17, 15) is 9.59 Å². The van der Waals surface area contributed by atoms with E-state index in [2.05, 4.69) is 0 Å². The topological polar surface area (TPSA) is 91.1 Å². The quantitative estimate of drug-likeness (QED) is 0.768. The van der Waals surface area contributed by atoms with Gasteiger partial charge in [0.25, 0.3) is 0 Å². The minimum absolute atomic E-state index is 0.222. The third kappa shape index (κ3) is 3.01. The van der Waals surface area contributed by atoms with Crippen LogP contribution in [0, 0.1) is 5.92 Å². The Morgan fingerprint density at radius 2 is 1.68 bits per heavy atom. The molecule has 0 aliphatic rings. The summed E-state index contributed by atoms with van der Waals surface area (Å²) in [4.78, 5) is 22.4. The molecule has 0 atom stereocenters.